The van der Waals surface area contributed by atoms with Crippen LogP contribution in [0.2, 0.25) is 0 Å². The van der Waals surface area contributed by atoms with Gasteiger partial charge in [-0.15, -0.1) is 0 Å². The minimum absolute atomic E-state index is 0.609. The van der Waals surface area contributed by atoms with Crippen molar-refractivity contribution in [2.24, 2.45) is 0 Å². The second-order valence-electron chi connectivity index (χ2n) is 13.6. The van der Waals surface area contributed by atoms with E-state index < -0.39 is 0 Å². The van der Waals surface area contributed by atoms with E-state index in [2.05, 4.69) is 142 Å². The zero-order valence-electron chi connectivity index (χ0n) is 27.8. The molecule has 12 aromatic rings. The second kappa shape index (κ2) is 10.2. The summed E-state index contributed by atoms with van der Waals surface area (Å²) in [7, 11) is 0. The summed E-state index contributed by atoms with van der Waals surface area (Å²) in [5.74, 6) is 0.760. The van der Waals surface area contributed by atoms with Crippen LogP contribution in [0.15, 0.2) is 164 Å². The number of aromatic nitrogens is 5. The maximum atomic E-state index is 5.42. The Labute approximate surface area is 297 Å². The number of benzene rings is 7. The second-order valence-corrected chi connectivity index (χ2v) is 13.6. The molecule has 52 heavy (non-hydrogen) atoms. The highest BCUT2D eigenvalue weighted by Crippen LogP contribution is 2.46. The molecular weight excluding hydrogens is 635 g/mol. The molecule has 12 rings (SSSR count). The number of hydrogen-bond acceptors (Lipinski definition) is 3. The smallest absolute Gasteiger partial charge is 0.180 e. The van der Waals surface area contributed by atoms with Crippen LogP contribution >= 0.6 is 0 Å². The van der Waals surface area contributed by atoms with Crippen molar-refractivity contribution in [1.82, 2.24) is 23.9 Å². The van der Waals surface area contributed by atoms with Crippen molar-refractivity contribution in [1.29, 1.82) is 0 Å². The molecule has 0 amide bonds. The zero-order valence-corrected chi connectivity index (χ0v) is 27.8. The highest BCUT2D eigenvalue weighted by Gasteiger charge is 2.25. The highest BCUT2D eigenvalue weighted by molar-refractivity contribution is 6.34. The Balaban J connectivity index is 1.27. The van der Waals surface area contributed by atoms with Crippen molar-refractivity contribution in [3.63, 3.8) is 0 Å². The van der Waals surface area contributed by atoms with Crippen molar-refractivity contribution in [2.45, 2.75) is 0 Å². The first kappa shape index (κ1) is 27.7. The quantitative estimate of drug-likeness (QED) is 0.189. The van der Waals surface area contributed by atoms with Crippen LogP contribution in [-0.2, 0) is 0 Å². The first-order chi connectivity index (χ1) is 25.8. The number of para-hydroxylation sites is 2. The van der Waals surface area contributed by atoms with Crippen LogP contribution < -0.4 is 0 Å². The molecule has 0 bridgehead atoms. The van der Waals surface area contributed by atoms with Gasteiger partial charge in [-0.3, -0.25) is 4.57 Å². The maximum absolute atomic E-state index is 5.42. The lowest BCUT2D eigenvalue weighted by molar-refractivity contribution is 1.07. The monoisotopic (exact) mass is 661 g/mol. The van der Waals surface area contributed by atoms with Crippen LogP contribution in [0, 0.1) is 0 Å². The van der Waals surface area contributed by atoms with Gasteiger partial charge in [-0.25, -0.2) is 15.0 Å². The van der Waals surface area contributed by atoms with Gasteiger partial charge in [-0.1, -0.05) is 133 Å². The molecule has 5 nitrogen and oxygen atoms in total. The summed E-state index contributed by atoms with van der Waals surface area (Å²) in [6.07, 6.45) is 1.91. The van der Waals surface area contributed by atoms with Gasteiger partial charge >= 0.3 is 0 Å². The Morgan fingerprint density at radius 3 is 1.96 bits per heavy atom. The van der Waals surface area contributed by atoms with E-state index in [1.165, 1.54) is 59.6 Å². The molecule has 0 fully saturated rings. The van der Waals surface area contributed by atoms with Gasteiger partial charge in [0.25, 0.3) is 0 Å². The summed E-state index contributed by atoms with van der Waals surface area (Å²) in [5, 5.41) is 9.81. The zero-order chi connectivity index (χ0) is 33.9. The summed E-state index contributed by atoms with van der Waals surface area (Å²) < 4.78 is 4.80. The average Bonchev–Trinajstić information content (AvgIpc) is 3.86. The fraction of sp³-hybridized carbons (Fsp3) is 0. The van der Waals surface area contributed by atoms with Crippen LogP contribution in [-0.4, -0.2) is 23.9 Å². The molecule has 5 heteroatoms. The van der Waals surface area contributed by atoms with E-state index in [0.29, 0.717) is 5.65 Å². The summed E-state index contributed by atoms with van der Waals surface area (Å²) >= 11 is 0. The van der Waals surface area contributed by atoms with Crippen molar-refractivity contribution in [3.8, 4) is 28.2 Å². The molecule has 0 unspecified atom stereocenters. The van der Waals surface area contributed by atoms with E-state index in [-0.39, 0.29) is 0 Å². The summed E-state index contributed by atoms with van der Waals surface area (Å²) in [4.78, 5) is 15.7. The third-order valence-electron chi connectivity index (χ3n) is 10.9. The molecule has 0 saturated heterocycles. The van der Waals surface area contributed by atoms with Gasteiger partial charge in [0.1, 0.15) is 11.2 Å². The standard InChI is InChI=1S/C47H27N5/c1-3-12-28(13-4-1)31-26-37-46(48-27-31)50-47(43(49-37)30-15-5-2-6-16-30)52-40-25-24-39-41(42(40)36-23-22-29-14-7-8-17-32(29)44(36)52)35-20-11-19-34-33-18-9-10-21-38(33)51(39)45(34)35/h1-27H. The Hall–Kier alpha value is -7.11. The molecule has 0 N–H and O–H groups in total. The van der Waals surface area contributed by atoms with E-state index >= 15 is 0 Å². The fourth-order valence-electron chi connectivity index (χ4n) is 8.68. The number of fused-ring (bicyclic) bond motifs is 13. The minimum atomic E-state index is 0.609. The van der Waals surface area contributed by atoms with Gasteiger partial charge in [0.2, 0.25) is 0 Å². The van der Waals surface area contributed by atoms with E-state index in [4.69, 9.17) is 15.0 Å². The van der Waals surface area contributed by atoms with E-state index in [1.807, 2.05) is 30.5 Å². The lowest BCUT2D eigenvalue weighted by Gasteiger charge is -2.15. The van der Waals surface area contributed by atoms with Crippen molar-refractivity contribution in [3.05, 3.63) is 164 Å². The first-order valence-corrected chi connectivity index (χ1v) is 17.6. The van der Waals surface area contributed by atoms with E-state index in [1.54, 1.807) is 0 Å². The average molecular weight is 662 g/mol. The fourth-order valence-corrected chi connectivity index (χ4v) is 8.68. The molecule has 5 aromatic heterocycles. The SMILES string of the molecule is c1ccc(-c2cnc3nc(-n4c5ccc6c(c7cccc8c9ccccc9n6c87)c5c5ccc6ccccc6c54)c(-c4ccccc4)nc3c2)cc1. The third-order valence-corrected chi connectivity index (χ3v) is 10.9. The molecule has 240 valence electrons. The minimum Gasteiger partial charge on any atom is -0.308 e. The summed E-state index contributed by atoms with van der Waals surface area (Å²) in [6, 6.07) is 56.1. The van der Waals surface area contributed by atoms with Crippen molar-refractivity contribution < 1.29 is 0 Å². The van der Waals surface area contributed by atoms with Crippen LogP contribution in [0.3, 0.4) is 0 Å². The van der Waals surface area contributed by atoms with Crippen molar-refractivity contribution in [2.75, 3.05) is 0 Å². The van der Waals surface area contributed by atoms with Crippen LogP contribution in [0.1, 0.15) is 0 Å². The van der Waals surface area contributed by atoms with Gasteiger partial charge in [-0.05, 0) is 35.2 Å². The molecule has 0 radical (unpaired) electrons. The largest absolute Gasteiger partial charge is 0.308 e. The molecule has 0 atom stereocenters. The normalized spacial score (nSPS) is 12.2. The number of nitrogens with zero attached hydrogens (tertiary/aromatic N) is 5. The summed E-state index contributed by atoms with van der Waals surface area (Å²) in [6.45, 7) is 0. The summed E-state index contributed by atoms with van der Waals surface area (Å²) in [5.41, 5.74) is 11.2. The number of pyridine rings is 1. The topological polar surface area (TPSA) is 48.0 Å². The van der Waals surface area contributed by atoms with Gasteiger partial charge < -0.3 is 4.40 Å². The molecule has 7 aromatic carbocycles. The highest BCUT2D eigenvalue weighted by atomic mass is 15.1. The van der Waals surface area contributed by atoms with Crippen LogP contribution in [0.25, 0.3) is 110 Å². The Morgan fingerprint density at radius 1 is 0.423 bits per heavy atom. The molecule has 5 heterocycles. The van der Waals surface area contributed by atoms with Gasteiger partial charge in [0.15, 0.2) is 11.5 Å². The van der Waals surface area contributed by atoms with E-state index in [9.17, 15) is 0 Å². The van der Waals surface area contributed by atoms with Crippen LogP contribution in [0.5, 0.6) is 0 Å². The molecule has 0 aliphatic heterocycles. The molecule has 0 aliphatic carbocycles. The maximum Gasteiger partial charge on any atom is 0.180 e. The van der Waals surface area contributed by atoms with Gasteiger partial charge in [0, 0.05) is 55.0 Å². The van der Waals surface area contributed by atoms with Gasteiger partial charge in [-0.2, -0.15) is 0 Å². The number of rotatable bonds is 3. The van der Waals surface area contributed by atoms with E-state index in [0.717, 1.165) is 44.8 Å². The predicted molar refractivity (Wildman–Crippen MR) is 215 cm³/mol. The Bertz CT molecular complexity index is 3400. The Kier molecular flexibility index (Phi) is 5.44. The first-order valence-electron chi connectivity index (χ1n) is 17.6. The lowest BCUT2D eigenvalue weighted by Crippen LogP contribution is -2.05. The molecular formula is C47H27N5. The van der Waals surface area contributed by atoms with Crippen molar-refractivity contribution >= 4 is 81.8 Å². The van der Waals surface area contributed by atoms with Crippen LogP contribution in [0.4, 0.5) is 0 Å². The third kappa shape index (κ3) is 3.64. The lowest BCUT2D eigenvalue weighted by atomic mass is 10.0. The molecule has 0 aliphatic rings. The van der Waals surface area contributed by atoms with Gasteiger partial charge in [0.05, 0.1) is 27.6 Å². The molecule has 0 saturated carbocycles. The number of hydrogen-bond donors (Lipinski definition) is 0. The molecule has 0 spiro atoms. The Morgan fingerprint density at radius 2 is 1.10 bits per heavy atom. The predicted octanol–water partition coefficient (Wildman–Crippen LogP) is 11.8.